The molecule has 2 heterocycles. The van der Waals surface area contributed by atoms with Crippen LogP contribution in [0.2, 0.25) is 0 Å². The number of imidazole rings is 1. The SMILES string of the molecule is CCc1cnc(Cn2c(C(C)Cl)nc3ccccc32)s1. The molecule has 3 aromatic rings. The number of benzene rings is 1. The van der Waals surface area contributed by atoms with Crippen LogP contribution < -0.4 is 0 Å². The molecule has 0 aliphatic carbocycles. The molecule has 0 fully saturated rings. The van der Waals surface area contributed by atoms with E-state index in [1.807, 2.05) is 31.3 Å². The number of para-hydroxylation sites is 2. The molecule has 0 aliphatic heterocycles. The second-order valence-electron chi connectivity index (χ2n) is 4.73. The van der Waals surface area contributed by atoms with Crippen LogP contribution in [0.15, 0.2) is 30.5 Å². The molecule has 1 atom stereocenters. The zero-order chi connectivity index (χ0) is 14.1. The number of fused-ring (bicyclic) bond motifs is 1. The first-order valence-electron chi connectivity index (χ1n) is 6.72. The average molecular weight is 306 g/mol. The van der Waals surface area contributed by atoms with Crippen molar-refractivity contribution in [3.05, 3.63) is 46.2 Å². The summed E-state index contributed by atoms with van der Waals surface area (Å²) in [5.74, 6) is 0.904. The van der Waals surface area contributed by atoms with Crippen molar-refractivity contribution in [1.82, 2.24) is 14.5 Å². The van der Waals surface area contributed by atoms with Gasteiger partial charge in [0.15, 0.2) is 0 Å². The number of aryl methyl sites for hydroxylation is 1. The molecule has 1 aromatic carbocycles. The Balaban J connectivity index is 2.06. The Kier molecular flexibility index (Phi) is 3.76. The second-order valence-corrected chi connectivity index (χ2v) is 6.59. The van der Waals surface area contributed by atoms with Crippen molar-refractivity contribution in [3.8, 4) is 0 Å². The summed E-state index contributed by atoms with van der Waals surface area (Å²) in [4.78, 5) is 10.4. The fourth-order valence-corrected chi connectivity index (χ4v) is 3.30. The fraction of sp³-hybridized carbons (Fsp3) is 0.333. The molecule has 3 rings (SSSR count). The van der Waals surface area contributed by atoms with Crippen molar-refractivity contribution < 1.29 is 0 Å². The van der Waals surface area contributed by atoms with Crippen molar-refractivity contribution >= 4 is 34.0 Å². The summed E-state index contributed by atoms with van der Waals surface area (Å²) in [5, 5.41) is 0.983. The molecule has 0 amide bonds. The molecule has 0 saturated heterocycles. The van der Waals surface area contributed by atoms with Crippen LogP contribution in [0.5, 0.6) is 0 Å². The first-order valence-corrected chi connectivity index (χ1v) is 7.97. The highest BCUT2D eigenvalue weighted by Crippen LogP contribution is 2.26. The largest absolute Gasteiger partial charge is 0.320 e. The maximum Gasteiger partial charge on any atom is 0.128 e. The topological polar surface area (TPSA) is 30.7 Å². The molecule has 0 bridgehead atoms. The van der Waals surface area contributed by atoms with E-state index in [2.05, 4.69) is 27.5 Å². The molecule has 0 radical (unpaired) electrons. The normalized spacial score (nSPS) is 12.9. The van der Waals surface area contributed by atoms with Gasteiger partial charge in [0.2, 0.25) is 0 Å². The lowest BCUT2D eigenvalue weighted by Crippen LogP contribution is -2.05. The zero-order valence-electron chi connectivity index (χ0n) is 11.5. The second kappa shape index (κ2) is 5.54. The third kappa shape index (κ3) is 2.45. The van der Waals surface area contributed by atoms with Gasteiger partial charge in [-0.3, -0.25) is 0 Å². The Labute approximate surface area is 127 Å². The summed E-state index contributed by atoms with van der Waals surface area (Å²) in [5.41, 5.74) is 2.10. The smallest absolute Gasteiger partial charge is 0.128 e. The molecule has 1 unspecified atom stereocenters. The number of thiazole rings is 1. The van der Waals surface area contributed by atoms with E-state index in [0.717, 1.165) is 34.8 Å². The third-order valence-electron chi connectivity index (χ3n) is 3.28. The Morgan fingerprint density at radius 2 is 2.15 bits per heavy atom. The van der Waals surface area contributed by atoms with Crippen LogP contribution in [0.1, 0.15) is 34.9 Å². The molecule has 5 heteroatoms. The summed E-state index contributed by atoms with van der Waals surface area (Å²) in [6.45, 7) is 4.84. The molecule has 104 valence electrons. The first kappa shape index (κ1) is 13.6. The monoisotopic (exact) mass is 305 g/mol. The Bertz CT molecular complexity index is 730. The maximum atomic E-state index is 6.28. The quantitative estimate of drug-likeness (QED) is 0.669. The van der Waals surface area contributed by atoms with E-state index in [0.29, 0.717) is 0 Å². The number of hydrogen-bond acceptors (Lipinski definition) is 3. The van der Waals surface area contributed by atoms with Crippen molar-refractivity contribution in [2.24, 2.45) is 0 Å². The summed E-state index contributed by atoms with van der Waals surface area (Å²) in [6.07, 6.45) is 2.99. The van der Waals surface area contributed by atoms with Crippen LogP contribution in [0.4, 0.5) is 0 Å². The van der Waals surface area contributed by atoms with Crippen LogP contribution in [-0.2, 0) is 13.0 Å². The molecule has 0 N–H and O–H groups in total. The van der Waals surface area contributed by atoms with Gasteiger partial charge in [0.25, 0.3) is 0 Å². The molecular weight excluding hydrogens is 290 g/mol. The van der Waals surface area contributed by atoms with Crippen LogP contribution in [0.25, 0.3) is 11.0 Å². The van der Waals surface area contributed by atoms with Crippen LogP contribution >= 0.6 is 22.9 Å². The van der Waals surface area contributed by atoms with E-state index in [1.165, 1.54) is 4.88 Å². The summed E-state index contributed by atoms with van der Waals surface area (Å²) < 4.78 is 2.17. The van der Waals surface area contributed by atoms with Gasteiger partial charge in [-0.2, -0.15) is 0 Å². The van der Waals surface area contributed by atoms with Crippen molar-refractivity contribution in [2.45, 2.75) is 32.2 Å². The van der Waals surface area contributed by atoms with Gasteiger partial charge in [0.05, 0.1) is 23.0 Å². The minimum Gasteiger partial charge on any atom is -0.320 e. The first-order chi connectivity index (χ1) is 9.69. The summed E-state index contributed by atoms with van der Waals surface area (Å²) >= 11 is 8.04. The van der Waals surface area contributed by atoms with E-state index in [-0.39, 0.29) is 5.38 Å². The summed E-state index contributed by atoms with van der Waals surface area (Å²) in [6, 6.07) is 8.14. The maximum absolute atomic E-state index is 6.28. The zero-order valence-corrected chi connectivity index (χ0v) is 13.1. The van der Waals surface area contributed by atoms with E-state index < -0.39 is 0 Å². The summed E-state index contributed by atoms with van der Waals surface area (Å²) in [7, 11) is 0. The highest BCUT2D eigenvalue weighted by molar-refractivity contribution is 7.11. The molecule has 0 saturated carbocycles. The number of rotatable bonds is 4. The highest BCUT2D eigenvalue weighted by atomic mass is 35.5. The van der Waals surface area contributed by atoms with Crippen LogP contribution in [0.3, 0.4) is 0 Å². The van der Waals surface area contributed by atoms with Gasteiger partial charge in [-0.15, -0.1) is 22.9 Å². The van der Waals surface area contributed by atoms with Gasteiger partial charge >= 0.3 is 0 Å². The Morgan fingerprint density at radius 1 is 1.35 bits per heavy atom. The molecule has 2 aromatic heterocycles. The Morgan fingerprint density at radius 3 is 2.85 bits per heavy atom. The van der Waals surface area contributed by atoms with E-state index in [4.69, 9.17) is 11.6 Å². The van der Waals surface area contributed by atoms with Crippen LogP contribution in [0, 0.1) is 0 Å². The Hall–Kier alpha value is -1.39. The predicted molar refractivity (Wildman–Crippen MR) is 84.6 cm³/mol. The van der Waals surface area contributed by atoms with E-state index in [9.17, 15) is 0 Å². The van der Waals surface area contributed by atoms with Gasteiger partial charge in [-0.05, 0) is 25.5 Å². The lowest BCUT2D eigenvalue weighted by molar-refractivity contribution is 0.738. The lowest BCUT2D eigenvalue weighted by Gasteiger charge is -2.08. The minimum absolute atomic E-state index is 0.118. The lowest BCUT2D eigenvalue weighted by atomic mass is 10.3. The number of aromatic nitrogens is 3. The molecule has 0 aliphatic rings. The van der Waals surface area contributed by atoms with Gasteiger partial charge in [0, 0.05) is 11.1 Å². The molecular formula is C15H16ClN3S. The average Bonchev–Trinajstić information content (AvgIpc) is 3.04. The van der Waals surface area contributed by atoms with Gasteiger partial charge < -0.3 is 4.57 Å². The van der Waals surface area contributed by atoms with Crippen LogP contribution in [-0.4, -0.2) is 14.5 Å². The van der Waals surface area contributed by atoms with E-state index in [1.54, 1.807) is 11.3 Å². The van der Waals surface area contributed by atoms with Gasteiger partial charge in [-0.1, -0.05) is 19.1 Å². The van der Waals surface area contributed by atoms with Crippen molar-refractivity contribution in [3.63, 3.8) is 0 Å². The number of alkyl halides is 1. The third-order valence-corrected chi connectivity index (χ3v) is 4.60. The van der Waals surface area contributed by atoms with E-state index >= 15 is 0 Å². The predicted octanol–water partition coefficient (Wildman–Crippen LogP) is 4.40. The van der Waals surface area contributed by atoms with Gasteiger partial charge in [0.1, 0.15) is 10.8 Å². The number of nitrogens with zero attached hydrogens (tertiary/aromatic N) is 3. The number of hydrogen-bond donors (Lipinski definition) is 0. The highest BCUT2D eigenvalue weighted by Gasteiger charge is 2.15. The molecule has 3 nitrogen and oxygen atoms in total. The van der Waals surface area contributed by atoms with Crippen molar-refractivity contribution in [2.75, 3.05) is 0 Å². The van der Waals surface area contributed by atoms with Crippen molar-refractivity contribution in [1.29, 1.82) is 0 Å². The standard InChI is InChI=1S/C15H16ClN3S/c1-3-11-8-17-14(20-11)9-19-13-7-5-4-6-12(13)18-15(19)10(2)16/h4-8,10H,3,9H2,1-2H3. The van der Waals surface area contributed by atoms with Gasteiger partial charge in [-0.25, -0.2) is 9.97 Å². The fourth-order valence-electron chi connectivity index (χ4n) is 2.28. The molecule has 20 heavy (non-hydrogen) atoms. The molecule has 0 spiro atoms. The minimum atomic E-state index is -0.118. The number of halogens is 1.